The molecule has 93 heavy (non-hydrogen) atoms. The van der Waals surface area contributed by atoms with Crippen LogP contribution < -0.4 is 82.7 Å². The second kappa shape index (κ2) is 39.2. The van der Waals surface area contributed by atoms with E-state index < -0.39 is 127 Å². The van der Waals surface area contributed by atoms with Gasteiger partial charge in [0.2, 0.25) is 53.2 Å². The summed E-state index contributed by atoms with van der Waals surface area (Å²) in [5.74, 6) is -9.57. The van der Waals surface area contributed by atoms with E-state index in [0.29, 0.717) is 29.5 Å². The molecule has 1 unspecified atom stereocenters. The molecule has 4 rings (SSSR count). The third kappa shape index (κ3) is 27.5. The Labute approximate surface area is 538 Å². The summed E-state index contributed by atoms with van der Waals surface area (Å²) in [5, 5.41) is 51.2. The fourth-order valence-electron chi connectivity index (χ4n) is 9.94. The summed E-state index contributed by atoms with van der Waals surface area (Å²) in [7, 11) is 0. The molecule has 0 aliphatic carbocycles. The Morgan fingerprint density at radius 3 is 1.46 bits per heavy atom. The first-order valence-electron chi connectivity index (χ1n) is 30.6. The van der Waals surface area contributed by atoms with E-state index in [-0.39, 0.29) is 120 Å². The Balaban J connectivity index is 1.53. The Morgan fingerprint density at radius 2 is 0.957 bits per heavy atom. The minimum absolute atomic E-state index is 0.0477. The molecule has 1 aliphatic rings. The smallest absolute Gasteiger partial charge is 0.326 e. The first kappa shape index (κ1) is 75.3. The highest BCUT2D eigenvalue weighted by Gasteiger charge is 2.40. The van der Waals surface area contributed by atoms with E-state index in [2.05, 4.69) is 57.5 Å². The minimum atomic E-state index is -1.74. The summed E-state index contributed by atoms with van der Waals surface area (Å²) < 4.78 is 0. The van der Waals surface area contributed by atoms with Crippen molar-refractivity contribution in [2.24, 2.45) is 61.0 Å². The molecule has 25 N–H and O–H groups in total. The molecule has 1 heterocycles. The number of aromatic hydroxyl groups is 1. The lowest BCUT2D eigenvalue weighted by Crippen LogP contribution is -2.60. The lowest BCUT2D eigenvalue weighted by atomic mass is 10.00. The summed E-state index contributed by atoms with van der Waals surface area (Å²) in [4.78, 5) is 152. The van der Waals surface area contributed by atoms with Crippen LogP contribution in [-0.2, 0) is 67.2 Å². The van der Waals surface area contributed by atoms with Gasteiger partial charge < -0.3 is 103 Å². The van der Waals surface area contributed by atoms with Crippen LogP contribution in [0.1, 0.15) is 88.3 Å². The normalized spacial score (nSPS) is 15.2. The van der Waals surface area contributed by atoms with Crippen molar-refractivity contribution in [2.75, 3.05) is 39.3 Å². The SMILES string of the molecule is CC(C)C[C@H](NC(=O)[C@@H](Cc1ccccc1)NC(=O)[C@H](CO)NC(=O)[C@H](Cc1ccccc1)NC(=O)CNC(=O)[C@H](Cc1ccc(O)cc1)NC(=O)[C@@H]1CCCN1C(=O)[C@H](CCCN=C(N)N)NC(=O)C(N)CCCN=C(N)N)C(=O)N[C@@H](CCCN=C(N)N)C(=O)O. The van der Waals surface area contributed by atoms with E-state index in [1.54, 1.807) is 74.5 Å². The van der Waals surface area contributed by atoms with Gasteiger partial charge in [-0.2, -0.15) is 0 Å². The number of benzene rings is 3. The molecule has 32 nitrogen and oxygen atoms in total. The Morgan fingerprint density at radius 1 is 0.527 bits per heavy atom. The van der Waals surface area contributed by atoms with Crippen molar-refractivity contribution in [1.29, 1.82) is 0 Å². The zero-order valence-corrected chi connectivity index (χ0v) is 52.3. The predicted octanol–water partition coefficient (Wildman–Crippen LogP) is -4.47. The standard InChI is InChI=1S/C61H91N19O13/c1-35(2)29-43(52(86)75-42(58(92)93)19-11-27-71-61(67)68)76-54(88)46(31-37-15-7-4-8-16-37)77-55(89)47(34-81)79-53(87)45(30-36-13-5-3-6-14-36)73-49(83)33-72-51(85)44(32-38-21-23-39(82)24-22-38)78-56(90)48-20-12-28-80(48)57(91)41(18-10-26-70-60(65)66)74-50(84)40(62)17-9-25-69-59(63)64/h3-8,13-16,21-24,35,40-48,81-82H,9-12,17-20,25-34,62H2,1-2H3,(H,72,85)(H,73,83)(H,74,84)(H,75,86)(H,76,88)(H,77,89)(H,78,90)(H,79,87)(H,92,93)(H4,63,64,69)(H4,65,66,70)(H4,67,68,71)/t40?,41-,42-,43-,44-,45-,46+,47-,48-/m0/s1. The Hall–Kier alpha value is -10.1. The monoisotopic (exact) mass is 1300 g/mol. The van der Waals surface area contributed by atoms with Crippen molar-refractivity contribution >= 4 is 77.0 Å². The van der Waals surface area contributed by atoms with Crippen molar-refractivity contribution in [3.63, 3.8) is 0 Å². The van der Waals surface area contributed by atoms with Gasteiger partial charge >= 0.3 is 5.97 Å². The molecular formula is C61H91N19O13. The largest absolute Gasteiger partial charge is 0.508 e. The first-order valence-corrected chi connectivity index (χ1v) is 30.6. The number of carbonyl (C=O) groups excluding carboxylic acids is 9. The third-order valence-electron chi connectivity index (χ3n) is 14.7. The number of aliphatic imine (C=N–C) groups is 3. The van der Waals surface area contributed by atoms with Crippen LogP contribution in [0.15, 0.2) is 99.9 Å². The van der Waals surface area contributed by atoms with Crippen LogP contribution in [0.2, 0.25) is 0 Å². The number of nitrogens with zero attached hydrogens (tertiary/aromatic N) is 4. The zero-order valence-electron chi connectivity index (χ0n) is 52.3. The van der Waals surface area contributed by atoms with Gasteiger partial charge in [0.25, 0.3) is 0 Å². The number of hydrogen-bond acceptors (Lipinski definition) is 16. The first-order chi connectivity index (χ1) is 44.2. The maximum Gasteiger partial charge on any atom is 0.326 e. The van der Waals surface area contributed by atoms with Crippen LogP contribution in [0.3, 0.4) is 0 Å². The van der Waals surface area contributed by atoms with E-state index in [1.165, 1.54) is 29.2 Å². The fraction of sp³-hybridized carbons (Fsp3) is 0.492. The molecule has 1 saturated heterocycles. The van der Waals surface area contributed by atoms with Gasteiger partial charge in [0.1, 0.15) is 54.1 Å². The molecule has 1 fully saturated rings. The van der Waals surface area contributed by atoms with Crippen LogP contribution in [0.4, 0.5) is 0 Å². The molecule has 0 radical (unpaired) electrons. The number of carboxylic acid groups (broad SMARTS) is 1. The molecule has 0 bridgehead atoms. The summed E-state index contributed by atoms with van der Waals surface area (Å²) in [6, 6.07) is 10.6. The highest BCUT2D eigenvalue weighted by atomic mass is 16.4. The number of carboxylic acids is 1. The van der Waals surface area contributed by atoms with Gasteiger partial charge in [-0.1, -0.05) is 86.6 Å². The van der Waals surface area contributed by atoms with Crippen LogP contribution >= 0.6 is 0 Å². The van der Waals surface area contributed by atoms with Crippen molar-refractivity contribution in [3.05, 3.63) is 102 Å². The van der Waals surface area contributed by atoms with E-state index in [9.17, 15) is 63.3 Å². The number of rotatable bonds is 39. The highest BCUT2D eigenvalue weighted by molar-refractivity contribution is 5.98. The van der Waals surface area contributed by atoms with Crippen molar-refractivity contribution in [1.82, 2.24) is 47.4 Å². The molecule has 32 heteroatoms. The molecular weight excluding hydrogens is 1210 g/mol. The number of nitrogens with one attached hydrogen (secondary N) is 8. The Bertz CT molecular complexity index is 3050. The van der Waals surface area contributed by atoms with E-state index in [1.807, 2.05) is 0 Å². The van der Waals surface area contributed by atoms with Gasteiger partial charge in [0.15, 0.2) is 17.9 Å². The second-order valence-electron chi connectivity index (χ2n) is 22.7. The average Bonchev–Trinajstić information content (AvgIpc) is 1.84. The van der Waals surface area contributed by atoms with Gasteiger partial charge in [0.05, 0.1) is 19.2 Å². The molecule has 9 atom stereocenters. The third-order valence-corrected chi connectivity index (χ3v) is 14.7. The summed E-state index contributed by atoms with van der Waals surface area (Å²) >= 11 is 0. The fourth-order valence-corrected chi connectivity index (χ4v) is 9.94. The van der Waals surface area contributed by atoms with Gasteiger partial charge in [-0.15, -0.1) is 0 Å². The molecule has 3 aromatic rings. The van der Waals surface area contributed by atoms with Gasteiger partial charge in [-0.05, 0) is 92.5 Å². The molecule has 0 saturated carbocycles. The lowest BCUT2D eigenvalue weighted by molar-refractivity contribution is -0.142. The van der Waals surface area contributed by atoms with Gasteiger partial charge in [0, 0.05) is 45.4 Å². The van der Waals surface area contributed by atoms with Crippen molar-refractivity contribution in [2.45, 2.75) is 145 Å². The van der Waals surface area contributed by atoms with Gasteiger partial charge in [-0.3, -0.25) is 58.1 Å². The maximum absolute atomic E-state index is 14.4. The molecule has 0 spiro atoms. The lowest BCUT2D eigenvalue weighted by Gasteiger charge is -2.30. The maximum atomic E-state index is 14.4. The number of aliphatic carboxylic acids is 1. The summed E-state index contributed by atoms with van der Waals surface area (Å²) in [5.41, 5.74) is 40.3. The molecule has 1 aliphatic heterocycles. The number of nitrogens with two attached hydrogens (primary N) is 7. The topological polar surface area (TPSA) is 550 Å². The number of guanidine groups is 3. The van der Waals surface area contributed by atoms with Crippen LogP contribution in [0, 0.1) is 5.92 Å². The van der Waals surface area contributed by atoms with E-state index >= 15 is 0 Å². The summed E-state index contributed by atoms with van der Waals surface area (Å²) in [6.07, 6.45) is 1.09. The number of phenolic OH excluding ortho intramolecular Hbond substituents is 1. The highest BCUT2D eigenvalue weighted by Crippen LogP contribution is 2.21. The predicted molar refractivity (Wildman–Crippen MR) is 345 cm³/mol. The van der Waals surface area contributed by atoms with Gasteiger partial charge in [-0.25, -0.2) is 4.79 Å². The van der Waals surface area contributed by atoms with E-state index in [0.717, 1.165) is 0 Å². The van der Waals surface area contributed by atoms with E-state index in [4.69, 9.17) is 40.1 Å². The van der Waals surface area contributed by atoms with Crippen LogP contribution in [0.5, 0.6) is 5.75 Å². The minimum Gasteiger partial charge on any atom is -0.508 e. The number of phenols is 1. The number of carbonyl (C=O) groups is 10. The van der Waals surface area contributed by atoms with Crippen LogP contribution in [0.25, 0.3) is 0 Å². The Kier molecular flexibility index (Phi) is 31.8. The number of hydrogen-bond donors (Lipinski definition) is 18. The molecule has 3 aromatic carbocycles. The number of aliphatic hydroxyl groups is 1. The molecule has 9 amide bonds. The number of likely N-dealkylation sites (tertiary alicyclic amines) is 1. The van der Waals surface area contributed by atoms with Crippen molar-refractivity contribution in [3.8, 4) is 5.75 Å². The molecule has 0 aromatic heterocycles. The second-order valence-corrected chi connectivity index (χ2v) is 22.7. The molecule has 508 valence electrons. The quantitative estimate of drug-likeness (QED) is 0.0145. The number of amides is 9. The van der Waals surface area contributed by atoms with Crippen LogP contribution in [-0.4, -0.2) is 191 Å². The number of aliphatic hydroxyl groups excluding tert-OH is 1. The average molecular weight is 1300 g/mol. The van der Waals surface area contributed by atoms with Crippen molar-refractivity contribution < 1.29 is 63.3 Å². The zero-order chi connectivity index (χ0) is 68.6. The summed E-state index contributed by atoms with van der Waals surface area (Å²) in [6.45, 7) is 2.32.